The maximum Gasteiger partial charge on any atom is 0.208 e. The Bertz CT molecular complexity index is 1610. The van der Waals surface area contributed by atoms with Gasteiger partial charge in [-0.05, 0) is 59.8 Å². The van der Waals surface area contributed by atoms with E-state index in [1.54, 1.807) is 12.3 Å². The summed E-state index contributed by atoms with van der Waals surface area (Å²) in [4.78, 5) is 24.5. The summed E-state index contributed by atoms with van der Waals surface area (Å²) in [5, 5.41) is 3.21. The number of hydrogen-bond donors (Lipinski definition) is 1. The van der Waals surface area contributed by atoms with Crippen molar-refractivity contribution in [3.05, 3.63) is 70.9 Å². The second-order valence-electron chi connectivity index (χ2n) is 12.6. The highest BCUT2D eigenvalue weighted by atomic mass is 28.3. The number of anilines is 2. The number of rotatable bonds is 10. The monoisotopic (exact) mass is 583 g/mol. The topological polar surface area (TPSA) is 81.5 Å². The molecule has 6 rings (SSSR count). The minimum absolute atomic E-state index is 0.0593. The highest BCUT2D eigenvalue weighted by molar-refractivity contribution is 6.76. The van der Waals surface area contributed by atoms with Crippen LogP contribution in [0.5, 0.6) is 11.5 Å². The van der Waals surface area contributed by atoms with Gasteiger partial charge in [0.15, 0.2) is 5.78 Å². The normalized spacial score (nSPS) is 15.0. The first-order valence-corrected chi connectivity index (χ1v) is 18.9. The number of ketones is 1. The van der Waals surface area contributed by atoms with Crippen molar-refractivity contribution in [3.63, 3.8) is 0 Å². The molecule has 4 aromatic rings. The first-order valence-electron chi connectivity index (χ1n) is 15.2. The molecule has 0 saturated carbocycles. The summed E-state index contributed by atoms with van der Waals surface area (Å²) in [5.41, 5.74) is 6.50. The molecule has 0 bridgehead atoms. The lowest BCUT2D eigenvalue weighted by Gasteiger charge is -2.30. The summed E-state index contributed by atoms with van der Waals surface area (Å²) >= 11 is 0. The summed E-state index contributed by atoms with van der Waals surface area (Å²) in [7, 11) is -1.18. The zero-order valence-corrected chi connectivity index (χ0v) is 26.2. The minimum atomic E-state index is -1.18. The molecule has 0 spiro atoms. The molecule has 4 heterocycles. The Hall–Kier alpha value is -3.69. The second kappa shape index (κ2) is 11.9. The summed E-state index contributed by atoms with van der Waals surface area (Å²) in [6.07, 6.45) is 5.20. The van der Waals surface area contributed by atoms with Crippen LogP contribution in [-0.4, -0.2) is 48.1 Å². The van der Waals surface area contributed by atoms with E-state index in [4.69, 9.17) is 14.5 Å². The first-order chi connectivity index (χ1) is 20.3. The molecule has 2 aromatic carbocycles. The molecule has 0 unspecified atom stereocenters. The van der Waals surface area contributed by atoms with Crippen molar-refractivity contribution < 1.29 is 14.3 Å². The number of benzene rings is 2. The lowest BCUT2D eigenvalue weighted by Crippen LogP contribution is -2.33. The number of Topliss-reactive ketones (excluding diaryl/α,β-unsaturated/α-hetero) is 1. The van der Waals surface area contributed by atoms with Gasteiger partial charge in [0.05, 0.1) is 11.0 Å². The molecule has 2 aliphatic rings. The number of fused-ring (bicyclic) bond motifs is 3. The van der Waals surface area contributed by atoms with Crippen LogP contribution >= 0.6 is 0 Å². The van der Waals surface area contributed by atoms with Crippen molar-refractivity contribution in [2.45, 2.75) is 71.6 Å². The Morgan fingerprint density at radius 1 is 1.05 bits per heavy atom. The average molecular weight is 584 g/mol. The summed E-state index contributed by atoms with van der Waals surface area (Å²) < 4.78 is 14.8. The highest BCUT2D eigenvalue weighted by Crippen LogP contribution is 2.35. The molecule has 0 radical (unpaired) electrons. The third-order valence-electron chi connectivity index (χ3n) is 8.08. The van der Waals surface area contributed by atoms with Gasteiger partial charge in [0, 0.05) is 53.0 Å². The van der Waals surface area contributed by atoms with Crippen molar-refractivity contribution in [1.29, 1.82) is 0 Å². The van der Waals surface area contributed by atoms with Gasteiger partial charge in [0.1, 0.15) is 29.6 Å². The summed E-state index contributed by atoms with van der Waals surface area (Å²) in [6.45, 7) is 12.8. The van der Waals surface area contributed by atoms with E-state index in [-0.39, 0.29) is 5.78 Å². The van der Waals surface area contributed by atoms with Gasteiger partial charge in [-0.25, -0.2) is 9.97 Å². The number of aromatic nitrogens is 3. The van der Waals surface area contributed by atoms with E-state index in [0.29, 0.717) is 36.8 Å². The fraction of sp³-hybridized carbons (Fsp3) is 0.424. The van der Waals surface area contributed by atoms with Crippen LogP contribution in [0.3, 0.4) is 0 Å². The highest BCUT2D eigenvalue weighted by Gasteiger charge is 2.25. The van der Waals surface area contributed by atoms with Crippen molar-refractivity contribution in [2.75, 3.05) is 29.9 Å². The maximum atomic E-state index is 12.7. The molecule has 8 nitrogen and oxygen atoms in total. The van der Waals surface area contributed by atoms with Gasteiger partial charge in [-0.2, -0.15) is 0 Å². The number of nitrogens with zero attached hydrogens (tertiary/aromatic N) is 4. The minimum Gasteiger partial charge on any atom is -0.456 e. The Morgan fingerprint density at radius 2 is 1.93 bits per heavy atom. The lowest BCUT2D eigenvalue weighted by molar-refractivity contribution is 0.0905. The number of carbonyl (C=O) groups excluding carboxylic acids is 1. The van der Waals surface area contributed by atoms with E-state index >= 15 is 0 Å². The van der Waals surface area contributed by atoms with Crippen LogP contribution in [0, 0.1) is 0 Å². The van der Waals surface area contributed by atoms with E-state index in [1.165, 1.54) is 16.7 Å². The van der Waals surface area contributed by atoms with E-state index in [1.807, 2.05) is 6.07 Å². The van der Waals surface area contributed by atoms with Gasteiger partial charge in [-0.3, -0.25) is 9.36 Å². The van der Waals surface area contributed by atoms with Crippen LogP contribution in [0.15, 0.2) is 48.7 Å². The predicted molar refractivity (Wildman–Crippen MR) is 171 cm³/mol. The van der Waals surface area contributed by atoms with Crippen molar-refractivity contribution >= 4 is 36.7 Å². The Kier molecular flexibility index (Phi) is 8.05. The molecule has 0 fully saturated rings. The largest absolute Gasteiger partial charge is 0.456 e. The summed E-state index contributed by atoms with van der Waals surface area (Å²) in [5.74, 6) is 2.87. The number of aryl methyl sites for hydroxylation is 1. The lowest BCUT2D eigenvalue weighted by atomic mass is 9.99. The second-order valence-corrected chi connectivity index (χ2v) is 18.2. The van der Waals surface area contributed by atoms with Crippen LogP contribution in [0.1, 0.15) is 46.8 Å². The van der Waals surface area contributed by atoms with Crippen LogP contribution in [-0.2, 0) is 30.9 Å². The Labute approximate surface area is 249 Å². The van der Waals surface area contributed by atoms with Gasteiger partial charge in [0.25, 0.3) is 0 Å². The number of nitrogens with one attached hydrogen (secondary N) is 1. The van der Waals surface area contributed by atoms with E-state index in [2.05, 4.69) is 76.7 Å². The van der Waals surface area contributed by atoms with Crippen molar-refractivity contribution in [2.24, 2.45) is 0 Å². The molecule has 0 amide bonds. The first kappa shape index (κ1) is 28.4. The molecule has 0 atom stereocenters. The predicted octanol–water partition coefficient (Wildman–Crippen LogP) is 7.05. The van der Waals surface area contributed by atoms with Gasteiger partial charge >= 0.3 is 0 Å². The Balaban J connectivity index is 1.27. The molecule has 2 aliphatic heterocycles. The number of carbonyl (C=O) groups is 1. The third kappa shape index (κ3) is 6.08. The molecule has 220 valence electrons. The number of imidazole rings is 1. The zero-order valence-electron chi connectivity index (χ0n) is 25.2. The molecule has 2 aromatic heterocycles. The maximum absolute atomic E-state index is 12.7. The molecule has 42 heavy (non-hydrogen) atoms. The zero-order chi connectivity index (χ0) is 29.3. The van der Waals surface area contributed by atoms with Crippen LogP contribution < -0.4 is 15.0 Å². The van der Waals surface area contributed by atoms with Gasteiger partial charge < -0.3 is 19.7 Å². The number of hydrogen-bond acceptors (Lipinski definition) is 7. The van der Waals surface area contributed by atoms with Crippen LogP contribution in [0.4, 0.5) is 11.8 Å². The van der Waals surface area contributed by atoms with E-state index in [9.17, 15) is 4.79 Å². The van der Waals surface area contributed by atoms with Gasteiger partial charge in [0.2, 0.25) is 5.95 Å². The fourth-order valence-electron chi connectivity index (χ4n) is 5.76. The molecule has 9 heteroatoms. The fourth-order valence-corrected chi connectivity index (χ4v) is 6.51. The van der Waals surface area contributed by atoms with Gasteiger partial charge in [-0.1, -0.05) is 45.1 Å². The van der Waals surface area contributed by atoms with Crippen molar-refractivity contribution in [1.82, 2.24) is 14.5 Å². The summed E-state index contributed by atoms with van der Waals surface area (Å²) in [6, 6.07) is 15.8. The standard InChI is InChI=1S/C33H41N5O3Si/c1-5-6-23-7-10-28-27(19-23)36-33(38(28)22-40-17-18-42(2,3)4)37-16-13-24-8-9-26(20-25(24)21-37)41-30-12-15-35-32-31(30)29(39)11-14-34-32/h7-10,12,15,19-20H,5-6,11,13-14,16-18,21-22H2,1-4H3,(H,34,35). The van der Waals surface area contributed by atoms with E-state index < -0.39 is 8.07 Å². The van der Waals surface area contributed by atoms with E-state index in [0.717, 1.165) is 67.7 Å². The quantitative estimate of drug-likeness (QED) is 0.158. The van der Waals surface area contributed by atoms with Crippen molar-refractivity contribution in [3.8, 4) is 11.5 Å². The number of ether oxygens (including phenoxy) is 2. The molecule has 1 N–H and O–H groups in total. The molecular weight excluding hydrogens is 542 g/mol. The third-order valence-corrected chi connectivity index (χ3v) is 9.79. The van der Waals surface area contributed by atoms with Gasteiger partial charge in [-0.15, -0.1) is 0 Å². The Morgan fingerprint density at radius 3 is 2.76 bits per heavy atom. The smallest absolute Gasteiger partial charge is 0.208 e. The molecule has 0 aliphatic carbocycles. The van der Waals surface area contributed by atoms with Crippen LogP contribution in [0.2, 0.25) is 25.7 Å². The van der Waals surface area contributed by atoms with Crippen LogP contribution in [0.25, 0.3) is 11.0 Å². The SMILES string of the molecule is CCCc1ccc2c(c1)nc(N1CCc3ccc(Oc4ccnc5c4C(=O)CCN5)cc3C1)n2COCC[Si](C)(C)C. The average Bonchev–Trinajstić information content (AvgIpc) is 3.32. The number of pyridine rings is 1. The molecule has 0 saturated heterocycles. The molecular formula is C33H41N5O3Si.